The SMILES string of the molecule is C=C(OC(C)C)C(C)N[B]C. The average Bonchev–Trinajstić information content (AvgIpc) is 1.86. The highest BCUT2D eigenvalue weighted by Crippen LogP contribution is 2.03. The third-order valence-corrected chi connectivity index (χ3v) is 1.29. The molecule has 0 aromatic carbocycles. The summed E-state index contributed by atoms with van der Waals surface area (Å²) in [6.45, 7) is 11.8. The molecule has 0 aliphatic rings. The standard InChI is InChI=1S/C8H17BNO/c1-6(2)11-8(4)7(3)10-9-5/h6-7,10H,4H2,1-3,5H3. The third-order valence-electron chi connectivity index (χ3n) is 1.29. The summed E-state index contributed by atoms with van der Waals surface area (Å²) in [5.74, 6) is 0.790. The lowest BCUT2D eigenvalue weighted by molar-refractivity contribution is 0.134. The molecule has 0 saturated carbocycles. The maximum atomic E-state index is 5.39. The van der Waals surface area contributed by atoms with E-state index in [0.29, 0.717) is 0 Å². The molecule has 1 unspecified atom stereocenters. The lowest BCUT2D eigenvalue weighted by Crippen LogP contribution is -2.31. The molecule has 0 rings (SSSR count). The van der Waals surface area contributed by atoms with Gasteiger partial charge in [-0.15, -0.1) is 0 Å². The van der Waals surface area contributed by atoms with E-state index >= 15 is 0 Å². The Morgan fingerprint density at radius 3 is 2.36 bits per heavy atom. The first-order valence-electron chi connectivity index (χ1n) is 3.97. The summed E-state index contributed by atoms with van der Waals surface area (Å²) >= 11 is 0. The highest BCUT2D eigenvalue weighted by Gasteiger charge is 2.06. The van der Waals surface area contributed by atoms with Crippen LogP contribution in [0, 0.1) is 0 Å². The largest absolute Gasteiger partial charge is 0.494 e. The van der Waals surface area contributed by atoms with Crippen LogP contribution in [-0.4, -0.2) is 19.6 Å². The number of rotatable bonds is 5. The molecule has 11 heavy (non-hydrogen) atoms. The Kier molecular flexibility index (Phi) is 5.04. The van der Waals surface area contributed by atoms with Crippen molar-refractivity contribution in [3.05, 3.63) is 12.3 Å². The van der Waals surface area contributed by atoms with Crippen molar-refractivity contribution in [2.75, 3.05) is 0 Å². The summed E-state index contributed by atoms with van der Waals surface area (Å²) in [4.78, 5) is 0. The van der Waals surface area contributed by atoms with E-state index in [2.05, 4.69) is 11.8 Å². The van der Waals surface area contributed by atoms with Crippen molar-refractivity contribution in [3.63, 3.8) is 0 Å². The lowest BCUT2D eigenvalue weighted by Gasteiger charge is -2.18. The van der Waals surface area contributed by atoms with Crippen LogP contribution in [0.15, 0.2) is 12.3 Å². The normalized spacial score (nSPS) is 12.8. The second kappa shape index (κ2) is 5.25. The molecule has 0 spiro atoms. The fourth-order valence-corrected chi connectivity index (χ4v) is 0.748. The van der Waals surface area contributed by atoms with E-state index in [1.165, 1.54) is 0 Å². The van der Waals surface area contributed by atoms with E-state index < -0.39 is 0 Å². The summed E-state index contributed by atoms with van der Waals surface area (Å²) in [7, 11) is 1.89. The Morgan fingerprint density at radius 1 is 1.45 bits per heavy atom. The summed E-state index contributed by atoms with van der Waals surface area (Å²) < 4.78 is 5.39. The smallest absolute Gasteiger partial charge is 0.202 e. The second-order valence-corrected chi connectivity index (χ2v) is 2.81. The zero-order chi connectivity index (χ0) is 8.85. The van der Waals surface area contributed by atoms with Gasteiger partial charge in [0.1, 0.15) is 5.76 Å². The van der Waals surface area contributed by atoms with Crippen molar-refractivity contribution >= 4 is 7.41 Å². The van der Waals surface area contributed by atoms with E-state index in [1.54, 1.807) is 0 Å². The van der Waals surface area contributed by atoms with Gasteiger partial charge in [-0.1, -0.05) is 13.4 Å². The monoisotopic (exact) mass is 154 g/mol. The average molecular weight is 154 g/mol. The zero-order valence-electron chi connectivity index (χ0n) is 7.85. The molecule has 0 fully saturated rings. The molecule has 0 aliphatic heterocycles. The lowest BCUT2D eigenvalue weighted by atomic mass is 9.98. The number of nitrogens with one attached hydrogen (secondary N) is 1. The summed E-state index contributed by atoms with van der Waals surface area (Å²) in [5.41, 5.74) is 0. The van der Waals surface area contributed by atoms with Gasteiger partial charge in [-0.3, -0.25) is 0 Å². The molecule has 0 saturated heterocycles. The second-order valence-electron chi connectivity index (χ2n) is 2.81. The van der Waals surface area contributed by atoms with Crippen LogP contribution in [0.1, 0.15) is 20.8 Å². The highest BCUT2D eigenvalue weighted by molar-refractivity contribution is 6.30. The minimum atomic E-state index is 0.197. The molecule has 0 amide bonds. The third kappa shape index (κ3) is 4.90. The van der Waals surface area contributed by atoms with Crippen LogP contribution in [0.25, 0.3) is 0 Å². The molecule has 0 aromatic rings. The van der Waals surface area contributed by atoms with Crippen LogP contribution in [0.4, 0.5) is 0 Å². The Hall–Kier alpha value is -0.435. The molecule has 0 heterocycles. The van der Waals surface area contributed by atoms with Gasteiger partial charge in [0, 0.05) is 0 Å². The molecule has 0 bridgehead atoms. The molecule has 63 valence electrons. The number of hydrogen-bond donors (Lipinski definition) is 1. The number of ether oxygens (including phenoxy) is 1. The van der Waals surface area contributed by atoms with Crippen LogP contribution < -0.4 is 5.23 Å². The summed E-state index contributed by atoms with van der Waals surface area (Å²) in [5, 5.41) is 3.10. The van der Waals surface area contributed by atoms with Crippen LogP contribution in [0.3, 0.4) is 0 Å². The molecule has 1 radical (unpaired) electrons. The maximum absolute atomic E-state index is 5.39. The first-order valence-corrected chi connectivity index (χ1v) is 3.97. The van der Waals surface area contributed by atoms with Crippen molar-refractivity contribution in [2.45, 2.75) is 39.7 Å². The van der Waals surface area contributed by atoms with Crippen molar-refractivity contribution in [1.29, 1.82) is 0 Å². The van der Waals surface area contributed by atoms with Gasteiger partial charge in [-0.25, -0.2) is 0 Å². The van der Waals surface area contributed by atoms with E-state index in [-0.39, 0.29) is 12.1 Å². The van der Waals surface area contributed by atoms with Gasteiger partial charge in [-0.2, -0.15) is 0 Å². The predicted octanol–water partition coefficient (Wildman–Crippen LogP) is 1.57. The Bertz CT molecular complexity index is 125. The molecule has 2 nitrogen and oxygen atoms in total. The van der Waals surface area contributed by atoms with Gasteiger partial charge < -0.3 is 9.96 Å². The van der Waals surface area contributed by atoms with Gasteiger partial charge in [0.2, 0.25) is 7.41 Å². The minimum absolute atomic E-state index is 0.197. The fraction of sp³-hybridized carbons (Fsp3) is 0.750. The Balaban J connectivity index is 3.64. The van der Waals surface area contributed by atoms with Crippen molar-refractivity contribution in [1.82, 2.24) is 5.23 Å². The first kappa shape index (κ1) is 10.6. The van der Waals surface area contributed by atoms with Crippen LogP contribution in [0.2, 0.25) is 6.82 Å². The van der Waals surface area contributed by atoms with Crippen molar-refractivity contribution < 1.29 is 4.74 Å². The van der Waals surface area contributed by atoms with E-state index in [4.69, 9.17) is 4.74 Å². The zero-order valence-corrected chi connectivity index (χ0v) is 7.85. The molecule has 0 aliphatic carbocycles. The molecule has 1 N–H and O–H groups in total. The Labute approximate surface area is 70.3 Å². The van der Waals surface area contributed by atoms with E-state index in [1.807, 2.05) is 35.0 Å². The number of hydrogen-bond acceptors (Lipinski definition) is 2. The maximum Gasteiger partial charge on any atom is 0.202 e. The van der Waals surface area contributed by atoms with Crippen LogP contribution in [0.5, 0.6) is 0 Å². The quantitative estimate of drug-likeness (QED) is 0.479. The topological polar surface area (TPSA) is 21.3 Å². The predicted molar refractivity (Wildman–Crippen MR) is 49.6 cm³/mol. The molecular weight excluding hydrogens is 137 g/mol. The molecule has 0 aromatic heterocycles. The first-order chi connectivity index (χ1) is 5.07. The van der Waals surface area contributed by atoms with Gasteiger partial charge in [0.15, 0.2) is 0 Å². The van der Waals surface area contributed by atoms with Gasteiger partial charge in [0.25, 0.3) is 0 Å². The van der Waals surface area contributed by atoms with Gasteiger partial charge in [0.05, 0.1) is 12.1 Å². The Morgan fingerprint density at radius 2 is 2.00 bits per heavy atom. The van der Waals surface area contributed by atoms with E-state index in [0.717, 1.165) is 5.76 Å². The fourth-order valence-electron chi connectivity index (χ4n) is 0.748. The van der Waals surface area contributed by atoms with Crippen molar-refractivity contribution in [2.24, 2.45) is 0 Å². The molecule has 1 atom stereocenters. The van der Waals surface area contributed by atoms with Gasteiger partial charge >= 0.3 is 0 Å². The highest BCUT2D eigenvalue weighted by atomic mass is 16.5. The summed E-state index contributed by atoms with van der Waals surface area (Å²) in [6.07, 6.45) is 0.212. The van der Waals surface area contributed by atoms with Gasteiger partial charge in [-0.05, 0) is 20.8 Å². The minimum Gasteiger partial charge on any atom is -0.494 e. The summed E-state index contributed by atoms with van der Waals surface area (Å²) in [6, 6.07) is 0.197. The van der Waals surface area contributed by atoms with Crippen molar-refractivity contribution in [3.8, 4) is 0 Å². The van der Waals surface area contributed by atoms with E-state index in [9.17, 15) is 0 Å². The molecular formula is C8H17BNO. The van der Waals surface area contributed by atoms with Crippen LogP contribution >= 0.6 is 0 Å². The van der Waals surface area contributed by atoms with Crippen LogP contribution in [-0.2, 0) is 4.74 Å². The molecule has 3 heteroatoms.